The molecule has 0 saturated heterocycles. The van der Waals surface area contributed by atoms with Crippen LogP contribution in [0.5, 0.6) is 0 Å². The summed E-state index contributed by atoms with van der Waals surface area (Å²) < 4.78 is 5.48. The molecule has 0 aromatic rings. The van der Waals surface area contributed by atoms with Crippen molar-refractivity contribution in [3.8, 4) is 0 Å². The zero-order valence-corrected chi connectivity index (χ0v) is 7.23. The average molecular weight is 143 g/mol. The maximum Gasteiger partial charge on any atom is 0.0546 e. The maximum atomic E-state index is 5.48. The van der Waals surface area contributed by atoms with Gasteiger partial charge in [0.2, 0.25) is 0 Å². The molecule has 0 amide bonds. The molecule has 0 aliphatic carbocycles. The fraction of sp³-hybridized carbons (Fsp3) is 0.889. The van der Waals surface area contributed by atoms with Crippen LogP contribution in [0.4, 0.5) is 0 Å². The molecule has 0 fully saturated rings. The molecule has 0 bridgehead atoms. The zero-order valence-electron chi connectivity index (χ0n) is 7.23. The number of hydrogen-bond acceptors (Lipinski definition) is 1. The van der Waals surface area contributed by atoms with Crippen molar-refractivity contribution in [3.05, 3.63) is 6.92 Å². The van der Waals surface area contributed by atoms with Gasteiger partial charge in [-0.25, -0.2) is 0 Å². The Morgan fingerprint density at radius 3 is 2.70 bits per heavy atom. The van der Waals surface area contributed by atoms with E-state index in [9.17, 15) is 0 Å². The van der Waals surface area contributed by atoms with Crippen molar-refractivity contribution in [1.29, 1.82) is 0 Å². The quantitative estimate of drug-likeness (QED) is 0.519. The van der Waals surface area contributed by atoms with Crippen LogP contribution in [0.25, 0.3) is 0 Å². The van der Waals surface area contributed by atoms with Crippen LogP contribution < -0.4 is 0 Å². The van der Waals surface area contributed by atoms with E-state index in [4.69, 9.17) is 4.74 Å². The van der Waals surface area contributed by atoms with E-state index in [0.717, 1.165) is 19.4 Å². The van der Waals surface area contributed by atoms with Gasteiger partial charge in [0, 0.05) is 6.61 Å². The van der Waals surface area contributed by atoms with Gasteiger partial charge < -0.3 is 4.74 Å². The summed E-state index contributed by atoms with van der Waals surface area (Å²) in [5.41, 5.74) is 0. The van der Waals surface area contributed by atoms with Crippen LogP contribution in [0.3, 0.4) is 0 Å². The monoisotopic (exact) mass is 143 g/mol. The van der Waals surface area contributed by atoms with Crippen LogP contribution in [0.15, 0.2) is 0 Å². The van der Waals surface area contributed by atoms with Crippen molar-refractivity contribution in [1.82, 2.24) is 0 Å². The van der Waals surface area contributed by atoms with E-state index in [1.165, 1.54) is 12.8 Å². The normalized spacial score (nSPS) is 13.5. The lowest BCUT2D eigenvalue weighted by Gasteiger charge is -2.10. The minimum absolute atomic E-state index is 0.441. The van der Waals surface area contributed by atoms with E-state index >= 15 is 0 Å². The number of hydrogen-bond donors (Lipinski definition) is 0. The molecule has 10 heavy (non-hydrogen) atoms. The Kier molecular flexibility index (Phi) is 7.04. The van der Waals surface area contributed by atoms with Gasteiger partial charge in [-0.15, -0.1) is 0 Å². The van der Waals surface area contributed by atoms with E-state index in [1.807, 2.05) is 0 Å². The van der Waals surface area contributed by atoms with Crippen LogP contribution in [0.2, 0.25) is 0 Å². The predicted molar refractivity (Wildman–Crippen MR) is 44.9 cm³/mol. The predicted octanol–water partition coefficient (Wildman–Crippen LogP) is 2.81. The summed E-state index contributed by atoms with van der Waals surface area (Å²) in [7, 11) is 0. The Morgan fingerprint density at radius 1 is 1.50 bits per heavy atom. The summed E-state index contributed by atoms with van der Waals surface area (Å²) in [6, 6.07) is 0. The van der Waals surface area contributed by atoms with Crippen molar-refractivity contribution in [2.75, 3.05) is 6.61 Å². The van der Waals surface area contributed by atoms with Crippen molar-refractivity contribution >= 4 is 0 Å². The molecule has 0 heterocycles. The SMILES string of the molecule is [CH2]CCCOC(C)CCC. The van der Waals surface area contributed by atoms with Gasteiger partial charge in [0.25, 0.3) is 0 Å². The molecule has 0 aromatic carbocycles. The fourth-order valence-corrected chi connectivity index (χ4v) is 0.876. The first-order valence-corrected chi connectivity index (χ1v) is 4.22. The van der Waals surface area contributed by atoms with Crippen LogP contribution in [-0.4, -0.2) is 12.7 Å². The van der Waals surface area contributed by atoms with Gasteiger partial charge in [0.1, 0.15) is 0 Å². The molecule has 1 radical (unpaired) electrons. The fourth-order valence-electron chi connectivity index (χ4n) is 0.876. The Labute approximate surface area is 64.8 Å². The molecule has 1 atom stereocenters. The molecule has 1 heteroatoms. The van der Waals surface area contributed by atoms with Gasteiger partial charge in [-0.3, -0.25) is 0 Å². The van der Waals surface area contributed by atoms with Gasteiger partial charge in [-0.1, -0.05) is 26.7 Å². The van der Waals surface area contributed by atoms with Crippen molar-refractivity contribution < 1.29 is 4.74 Å². The summed E-state index contributed by atoms with van der Waals surface area (Å²) in [4.78, 5) is 0. The first-order chi connectivity index (χ1) is 4.81. The summed E-state index contributed by atoms with van der Waals surface area (Å²) in [6.07, 6.45) is 4.91. The van der Waals surface area contributed by atoms with E-state index in [2.05, 4.69) is 20.8 Å². The Hall–Kier alpha value is -0.0400. The van der Waals surface area contributed by atoms with E-state index < -0.39 is 0 Å². The van der Waals surface area contributed by atoms with Gasteiger partial charge in [0.15, 0.2) is 0 Å². The standard InChI is InChI=1S/C9H19O/c1-4-6-8-10-9(3)7-5-2/h9H,1,4-8H2,2-3H3. The van der Waals surface area contributed by atoms with Crippen LogP contribution in [0, 0.1) is 6.92 Å². The van der Waals surface area contributed by atoms with Crippen molar-refractivity contribution in [2.45, 2.75) is 45.6 Å². The van der Waals surface area contributed by atoms with Gasteiger partial charge in [-0.05, 0) is 19.8 Å². The summed E-state index contributed by atoms with van der Waals surface area (Å²) in [5, 5.41) is 0. The van der Waals surface area contributed by atoms with E-state index in [1.54, 1.807) is 0 Å². The number of unbranched alkanes of at least 4 members (excludes halogenated alkanes) is 1. The molecule has 1 nitrogen and oxygen atoms in total. The van der Waals surface area contributed by atoms with Crippen molar-refractivity contribution in [3.63, 3.8) is 0 Å². The molecule has 1 unspecified atom stereocenters. The largest absolute Gasteiger partial charge is 0.379 e. The number of rotatable bonds is 6. The molecule has 0 aromatic heterocycles. The summed E-state index contributed by atoms with van der Waals surface area (Å²) in [6.45, 7) is 8.94. The van der Waals surface area contributed by atoms with Crippen LogP contribution in [0.1, 0.15) is 39.5 Å². The third-order valence-corrected chi connectivity index (χ3v) is 1.49. The lowest BCUT2D eigenvalue weighted by Crippen LogP contribution is -2.08. The van der Waals surface area contributed by atoms with Gasteiger partial charge >= 0.3 is 0 Å². The van der Waals surface area contributed by atoms with Crippen LogP contribution >= 0.6 is 0 Å². The smallest absolute Gasteiger partial charge is 0.0546 e. The van der Waals surface area contributed by atoms with E-state index in [0.29, 0.717) is 6.10 Å². The third-order valence-electron chi connectivity index (χ3n) is 1.49. The Bertz CT molecular complexity index is 61.7. The average Bonchev–Trinajstić information content (AvgIpc) is 1.89. The minimum Gasteiger partial charge on any atom is -0.379 e. The lowest BCUT2D eigenvalue weighted by molar-refractivity contribution is 0.0586. The molecular formula is C9H19O. The molecule has 0 N–H and O–H groups in total. The zero-order chi connectivity index (χ0) is 7.82. The summed E-state index contributed by atoms with van der Waals surface area (Å²) in [5.74, 6) is 0. The Balaban J connectivity index is 2.97. The molecule has 0 aliphatic heterocycles. The topological polar surface area (TPSA) is 9.23 Å². The lowest BCUT2D eigenvalue weighted by atomic mass is 10.2. The Morgan fingerprint density at radius 2 is 2.20 bits per heavy atom. The highest BCUT2D eigenvalue weighted by Gasteiger charge is 1.97. The highest BCUT2D eigenvalue weighted by Crippen LogP contribution is 2.01. The molecule has 0 spiro atoms. The van der Waals surface area contributed by atoms with Crippen molar-refractivity contribution in [2.24, 2.45) is 0 Å². The second-order valence-electron chi connectivity index (χ2n) is 2.68. The second kappa shape index (κ2) is 7.07. The third kappa shape index (κ3) is 6.09. The molecule has 0 aliphatic rings. The first kappa shape index (κ1) is 9.96. The number of ether oxygens (including phenoxy) is 1. The summed E-state index contributed by atoms with van der Waals surface area (Å²) >= 11 is 0. The second-order valence-corrected chi connectivity index (χ2v) is 2.68. The van der Waals surface area contributed by atoms with Gasteiger partial charge in [0.05, 0.1) is 6.10 Å². The van der Waals surface area contributed by atoms with Gasteiger partial charge in [-0.2, -0.15) is 0 Å². The molecule has 0 saturated carbocycles. The minimum atomic E-state index is 0.441. The molecule has 0 rings (SSSR count). The first-order valence-electron chi connectivity index (χ1n) is 4.22. The molecule has 61 valence electrons. The highest BCUT2D eigenvalue weighted by molar-refractivity contribution is 4.48. The van der Waals surface area contributed by atoms with Crippen LogP contribution in [-0.2, 0) is 4.74 Å². The highest BCUT2D eigenvalue weighted by atomic mass is 16.5. The molecular weight excluding hydrogens is 124 g/mol. The van der Waals surface area contributed by atoms with E-state index in [-0.39, 0.29) is 0 Å². The maximum absolute atomic E-state index is 5.48.